The molecule has 1 heterocycles. The maximum absolute atomic E-state index is 13.9. The number of nitro groups is 1. The van der Waals surface area contributed by atoms with Crippen LogP contribution in [0.15, 0.2) is 47.4 Å². The molecule has 2 aromatic rings. The number of benzene rings is 2. The van der Waals surface area contributed by atoms with Gasteiger partial charge in [-0.3, -0.25) is 14.9 Å². The first-order valence-electron chi connectivity index (χ1n) is 9.53. The number of nitrogens with zero attached hydrogens (tertiary/aromatic N) is 3. The van der Waals surface area contributed by atoms with Crippen LogP contribution in [0.5, 0.6) is 0 Å². The van der Waals surface area contributed by atoms with Crippen LogP contribution in [0.4, 0.5) is 14.5 Å². The van der Waals surface area contributed by atoms with E-state index in [1.807, 2.05) is 0 Å². The molecule has 0 N–H and O–H groups in total. The third-order valence-corrected chi connectivity index (χ3v) is 7.20. The Balaban J connectivity index is 1.66. The van der Waals surface area contributed by atoms with E-state index in [1.54, 1.807) is 18.2 Å². The summed E-state index contributed by atoms with van der Waals surface area (Å²) in [5.74, 6) is -2.63. The molecule has 0 bridgehead atoms. The highest BCUT2D eigenvalue weighted by atomic mass is 32.2. The molecule has 1 aliphatic rings. The van der Waals surface area contributed by atoms with Gasteiger partial charge in [0.1, 0.15) is 16.5 Å². The first-order chi connectivity index (χ1) is 14.6. The van der Waals surface area contributed by atoms with Gasteiger partial charge in [-0.15, -0.1) is 0 Å². The van der Waals surface area contributed by atoms with Gasteiger partial charge in [0.15, 0.2) is 0 Å². The monoisotopic (exact) mass is 453 g/mol. The zero-order valence-corrected chi connectivity index (χ0v) is 17.5. The third-order valence-electron chi connectivity index (χ3n) is 5.29. The van der Waals surface area contributed by atoms with Crippen molar-refractivity contribution in [1.82, 2.24) is 9.21 Å². The topological polar surface area (TPSA) is 101 Å². The first-order valence-corrected chi connectivity index (χ1v) is 11.0. The van der Waals surface area contributed by atoms with Crippen molar-refractivity contribution >= 4 is 21.6 Å². The molecule has 0 aromatic heterocycles. The SMILES string of the molecule is CN(Cc1ccccc1[N+](=O)[O-])C(=O)C1CCN(S(=O)(=O)c2cc(F)ccc2F)CC1. The predicted octanol–water partition coefficient (Wildman–Crippen LogP) is 2.93. The van der Waals surface area contributed by atoms with Crippen LogP contribution in [0.1, 0.15) is 18.4 Å². The molecule has 0 radical (unpaired) electrons. The number of hydrogen-bond acceptors (Lipinski definition) is 5. The highest BCUT2D eigenvalue weighted by Gasteiger charge is 2.35. The number of amides is 1. The number of halogens is 2. The highest BCUT2D eigenvalue weighted by molar-refractivity contribution is 7.89. The summed E-state index contributed by atoms with van der Waals surface area (Å²) >= 11 is 0. The molecule has 1 fully saturated rings. The molecule has 0 atom stereocenters. The van der Waals surface area contributed by atoms with Gasteiger partial charge in [-0.2, -0.15) is 4.31 Å². The lowest BCUT2D eigenvalue weighted by Crippen LogP contribution is -2.43. The fourth-order valence-corrected chi connectivity index (χ4v) is 5.17. The van der Waals surface area contributed by atoms with Crippen molar-refractivity contribution in [2.75, 3.05) is 20.1 Å². The number of para-hydroxylation sites is 1. The molecular formula is C20H21F2N3O5S. The Morgan fingerprint density at radius 1 is 1.19 bits per heavy atom. The van der Waals surface area contributed by atoms with Gasteiger partial charge in [0, 0.05) is 37.7 Å². The second-order valence-electron chi connectivity index (χ2n) is 7.33. The number of rotatable bonds is 6. The normalized spacial score (nSPS) is 15.6. The smallest absolute Gasteiger partial charge is 0.274 e. The zero-order chi connectivity index (χ0) is 22.8. The second kappa shape index (κ2) is 9.06. The Labute approximate surface area is 178 Å². The van der Waals surface area contributed by atoms with Crippen molar-refractivity contribution in [3.05, 3.63) is 69.8 Å². The van der Waals surface area contributed by atoms with E-state index >= 15 is 0 Å². The van der Waals surface area contributed by atoms with Gasteiger partial charge < -0.3 is 4.90 Å². The summed E-state index contributed by atoms with van der Waals surface area (Å²) in [5.41, 5.74) is 0.310. The Kier molecular flexibility index (Phi) is 6.65. The predicted molar refractivity (Wildman–Crippen MR) is 107 cm³/mol. The Hall–Kier alpha value is -2.92. The van der Waals surface area contributed by atoms with Crippen LogP contribution in [0.25, 0.3) is 0 Å². The van der Waals surface area contributed by atoms with Gasteiger partial charge in [-0.25, -0.2) is 17.2 Å². The molecule has 11 heteroatoms. The molecule has 2 aromatic carbocycles. The molecule has 1 aliphatic heterocycles. The quantitative estimate of drug-likeness (QED) is 0.495. The maximum Gasteiger partial charge on any atom is 0.274 e. The van der Waals surface area contributed by atoms with Crippen molar-refractivity contribution in [1.29, 1.82) is 0 Å². The van der Waals surface area contributed by atoms with Gasteiger partial charge in [0.2, 0.25) is 15.9 Å². The molecule has 31 heavy (non-hydrogen) atoms. The fourth-order valence-electron chi connectivity index (χ4n) is 3.62. The Morgan fingerprint density at radius 2 is 1.84 bits per heavy atom. The van der Waals surface area contributed by atoms with Crippen molar-refractivity contribution in [3.8, 4) is 0 Å². The lowest BCUT2D eigenvalue weighted by atomic mass is 9.96. The van der Waals surface area contributed by atoms with Crippen molar-refractivity contribution in [3.63, 3.8) is 0 Å². The zero-order valence-electron chi connectivity index (χ0n) is 16.7. The molecule has 1 amide bonds. The summed E-state index contributed by atoms with van der Waals surface area (Å²) in [7, 11) is -2.70. The van der Waals surface area contributed by atoms with E-state index in [2.05, 4.69) is 0 Å². The van der Waals surface area contributed by atoms with Crippen LogP contribution in [0, 0.1) is 27.7 Å². The van der Waals surface area contributed by atoms with Gasteiger partial charge in [-0.05, 0) is 31.0 Å². The van der Waals surface area contributed by atoms with E-state index in [4.69, 9.17) is 0 Å². The fraction of sp³-hybridized carbons (Fsp3) is 0.350. The number of nitro benzene ring substituents is 1. The van der Waals surface area contributed by atoms with Crippen molar-refractivity contribution in [2.24, 2.45) is 5.92 Å². The Morgan fingerprint density at radius 3 is 2.48 bits per heavy atom. The lowest BCUT2D eigenvalue weighted by Gasteiger charge is -2.32. The van der Waals surface area contributed by atoms with Crippen LogP contribution in [-0.2, 0) is 21.4 Å². The first kappa shape index (κ1) is 22.8. The van der Waals surface area contributed by atoms with Crippen LogP contribution < -0.4 is 0 Å². The van der Waals surface area contributed by atoms with Crippen molar-refractivity contribution in [2.45, 2.75) is 24.3 Å². The number of sulfonamides is 1. The van der Waals surface area contributed by atoms with E-state index in [1.165, 1.54) is 18.0 Å². The number of carbonyl (C=O) groups excluding carboxylic acids is 1. The van der Waals surface area contributed by atoms with Crippen molar-refractivity contribution < 1.29 is 26.9 Å². The summed E-state index contributed by atoms with van der Waals surface area (Å²) in [6.07, 6.45) is 0.409. The molecular weight excluding hydrogens is 432 g/mol. The van der Waals surface area contributed by atoms with Crippen LogP contribution in [0.3, 0.4) is 0 Å². The number of hydrogen-bond donors (Lipinski definition) is 0. The standard InChI is InChI=1S/C20H21F2N3O5S/c1-23(13-15-4-2-3-5-18(15)25(27)28)20(26)14-8-10-24(11-9-14)31(29,30)19-12-16(21)6-7-17(19)22/h2-7,12,14H,8-11,13H2,1H3. The average molecular weight is 453 g/mol. The molecule has 1 saturated heterocycles. The van der Waals surface area contributed by atoms with E-state index in [0.29, 0.717) is 11.6 Å². The maximum atomic E-state index is 13.9. The highest BCUT2D eigenvalue weighted by Crippen LogP contribution is 2.27. The van der Waals surface area contributed by atoms with E-state index in [9.17, 15) is 32.1 Å². The lowest BCUT2D eigenvalue weighted by molar-refractivity contribution is -0.385. The molecule has 8 nitrogen and oxygen atoms in total. The summed E-state index contributed by atoms with van der Waals surface area (Å²) in [6.45, 7) is 0.00500. The van der Waals surface area contributed by atoms with Gasteiger partial charge in [0.25, 0.3) is 5.69 Å². The molecule has 166 valence electrons. The van der Waals surface area contributed by atoms with E-state index in [-0.39, 0.29) is 44.1 Å². The minimum atomic E-state index is -4.23. The van der Waals surface area contributed by atoms with E-state index < -0.39 is 37.4 Å². The summed E-state index contributed by atoms with van der Waals surface area (Å²) in [5, 5.41) is 11.2. The molecule has 0 aliphatic carbocycles. The Bertz CT molecular complexity index is 1100. The second-order valence-corrected chi connectivity index (χ2v) is 9.24. The van der Waals surface area contributed by atoms with Gasteiger partial charge in [0.05, 0.1) is 11.5 Å². The van der Waals surface area contributed by atoms with Crippen LogP contribution in [-0.4, -0.2) is 48.6 Å². The summed E-state index contributed by atoms with van der Waals surface area (Å²) in [6, 6.07) is 8.37. The van der Waals surface area contributed by atoms with Crippen LogP contribution in [0.2, 0.25) is 0 Å². The largest absolute Gasteiger partial charge is 0.341 e. The summed E-state index contributed by atoms with van der Waals surface area (Å²) < 4.78 is 53.7. The van der Waals surface area contributed by atoms with E-state index in [0.717, 1.165) is 16.4 Å². The average Bonchev–Trinajstić information content (AvgIpc) is 2.75. The molecule has 0 saturated carbocycles. The molecule has 0 spiro atoms. The molecule has 0 unspecified atom stereocenters. The minimum Gasteiger partial charge on any atom is -0.341 e. The third kappa shape index (κ3) is 4.88. The van der Waals surface area contributed by atoms with Gasteiger partial charge >= 0.3 is 0 Å². The van der Waals surface area contributed by atoms with Gasteiger partial charge in [-0.1, -0.05) is 18.2 Å². The van der Waals surface area contributed by atoms with Crippen LogP contribution >= 0.6 is 0 Å². The minimum absolute atomic E-state index is 0.0198. The number of piperidine rings is 1. The molecule has 3 rings (SSSR count). The number of carbonyl (C=O) groups is 1. The summed E-state index contributed by atoms with van der Waals surface area (Å²) in [4.78, 5) is 24.1.